The summed E-state index contributed by atoms with van der Waals surface area (Å²) in [6.45, 7) is 3.47. The molecule has 0 saturated carbocycles. The molecule has 0 saturated heterocycles. The standard InChI is InChI=1S/C20H18N3O3S/c1-14-6-3-4-8-18(14)23-27(25,26)19-12-16(10-9-15(19)2)20(24)22-17-7-5-11-21-13-17/h3-13H,1-2H3,(H,22,24)/q-1/p+1. The van der Waals surface area contributed by atoms with Gasteiger partial charge in [-0.2, -0.15) is 0 Å². The number of aryl methyl sites for hydroxylation is 2. The van der Waals surface area contributed by atoms with Gasteiger partial charge >= 0.3 is 0 Å². The Labute approximate surface area is 158 Å². The number of nitrogens with one attached hydrogen (secondary N) is 2. The first kappa shape index (κ1) is 18.6. The molecule has 3 rings (SSSR count). The fraction of sp³-hybridized carbons (Fsp3) is 0.100. The van der Waals surface area contributed by atoms with Gasteiger partial charge in [0.05, 0.1) is 4.90 Å². The highest BCUT2D eigenvalue weighted by atomic mass is 32.2. The lowest BCUT2D eigenvalue weighted by Gasteiger charge is -2.25. The molecular formula is C20H19N3O3S. The van der Waals surface area contributed by atoms with Gasteiger partial charge < -0.3 is 10.0 Å². The molecule has 0 aliphatic carbocycles. The van der Waals surface area contributed by atoms with Gasteiger partial charge in [0.1, 0.15) is 15.7 Å². The van der Waals surface area contributed by atoms with Crippen molar-refractivity contribution < 1.29 is 18.2 Å². The lowest BCUT2D eigenvalue weighted by atomic mass is 10.1. The Balaban J connectivity index is 1.90. The van der Waals surface area contributed by atoms with E-state index >= 15 is 0 Å². The number of H-pyrrole nitrogens is 1. The fourth-order valence-electron chi connectivity index (χ4n) is 2.54. The number of aromatic amines is 1. The summed E-state index contributed by atoms with van der Waals surface area (Å²) < 4.78 is 29.6. The zero-order chi connectivity index (χ0) is 19.4. The van der Waals surface area contributed by atoms with E-state index in [-0.39, 0.29) is 10.5 Å². The first-order valence-corrected chi connectivity index (χ1v) is 9.72. The number of amides is 1. The van der Waals surface area contributed by atoms with Gasteiger partial charge in [-0.1, -0.05) is 35.9 Å². The highest BCUT2D eigenvalue weighted by Gasteiger charge is 2.14. The number of aromatic nitrogens is 1. The van der Waals surface area contributed by atoms with Crippen LogP contribution in [0.15, 0.2) is 71.9 Å². The maximum absolute atomic E-state index is 12.8. The van der Waals surface area contributed by atoms with Crippen LogP contribution < -0.4 is 10.3 Å². The molecule has 1 amide bonds. The number of sulfonamides is 1. The van der Waals surface area contributed by atoms with E-state index in [9.17, 15) is 13.2 Å². The van der Waals surface area contributed by atoms with Gasteiger partial charge in [0.15, 0.2) is 12.4 Å². The van der Waals surface area contributed by atoms with E-state index in [4.69, 9.17) is 0 Å². The molecule has 7 heteroatoms. The summed E-state index contributed by atoms with van der Waals surface area (Å²) in [6.07, 6.45) is 3.36. The second-order valence-corrected chi connectivity index (χ2v) is 7.65. The van der Waals surface area contributed by atoms with Gasteiger partial charge in [-0.15, -0.1) is 5.69 Å². The molecule has 2 N–H and O–H groups in total. The van der Waals surface area contributed by atoms with Crippen LogP contribution in [0.5, 0.6) is 0 Å². The Morgan fingerprint density at radius 1 is 1.00 bits per heavy atom. The van der Waals surface area contributed by atoms with Crippen LogP contribution in [0.1, 0.15) is 21.5 Å². The third-order valence-corrected chi connectivity index (χ3v) is 5.46. The summed E-state index contributed by atoms with van der Waals surface area (Å²) in [7, 11) is -3.96. The second kappa shape index (κ2) is 7.59. The minimum absolute atomic E-state index is 0.0121. The fourth-order valence-corrected chi connectivity index (χ4v) is 3.85. The summed E-state index contributed by atoms with van der Waals surface area (Å²) in [4.78, 5) is 15.3. The van der Waals surface area contributed by atoms with Gasteiger partial charge in [-0.25, -0.2) is 13.4 Å². The molecule has 0 spiro atoms. The Kier molecular flexibility index (Phi) is 5.23. The first-order chi connectivity index (χ1) is 12.9. The number of hydrogen-bond acceptors (Lipinski definition) is 3. The van der Waals surface area contributed by atoms with E-state index in [0.29, 0.717) is 16.9 Å². The van der Waals surface area contributed by atoms with Crippen LogP contribution in [0.25, 0.3) is 4.72 Å². The zero-order valence-electron chi connectivity index (χ0n) is 14.9. The Morgan fingerprint density at radius 2 is 1.78 bits per heavy atom. The van der Waals surface area contributed by atoms with Crippen molar-refractivity contribution in [2.75, 3.05) is 5.32 Å². The minimum Gasteiger partial charge on any atom is -0.572 e. The molecule has 1 heterocycles. The maximum Gasteiger partial charge on any atom is 0.255 e. The molecule has 3 aromatic rings. The molecule has 0 aliphatic rings. The number of benzene rings is 2. The molecule has 0 bridgehead atoms. The molecule has 138 valence electrons. The number of rotatable bonds is 5. The van der Waals surface area contributed by atoms with E-state index in [1.165, 1.54) is 6.07 Å². The van der Waals surface area contributed by atoms with Crippen LogP contribution in [0.4, 0.5) is 11.4 Å². The monoisotopic (exact) mass is 381 g/mol. The lowest BCUT2D eigenvalue weighted by Crippen LogP contribution is -2.15. The molecule has 27 heavy (non-hydrogen) atoms. The van der Waals surface area contributed by atoms with Crippen LogP contribution in [-0.2, 0) is 10.0 Å². The van der Waals surface area contributed by atoms with Crippen LogP contribution in [0, 0.1) is 13.8 Å². The summed E-state index contributed by atoms with van der Waals surface area (Å²) in [6, 6.07) is 15.0. The van der Waals surface area contributed by atoms with Crippen molar-refractivity contribution in [1.29, 1.82) is 0 Å². The number of nitrogens with zero attached hydrogens (tertiary/aromatic N) is 1. The maximum atomic E-state index is 12.8. The molecular weight excluding hydrogens is 362 g/mol. The SMILES string of the molecule is Cc1ccccc1[N-]S(=O)(=O)c1cc(C(=O)Nc2ccc[nH+]c2)ccc1C. The first-order valence-electron chi connectivity index (χ1n) is 8.28. The number of carbonyl (C=O) groups excluding carboxylic acids is 1. The van der Waals surface area contributed by atoms with E-state index in [0.717, 1.165) is 5.56 Å². The van der Waals surface area contributed by atoms with Crippen LogP contribution >= 0.6 is 0 Å². The van der Waals surface area contributed by atoms with Crippen molar-refractivity contribution in [3.63, 3.8) is 0 Å². The van der Waals surface area contributed by atoms with E-state index in [1.54, 1.807) is 68.7 Å². The largest absolute Gasteiger partial charge is 0.572 e. The number of pyridine rings is 1. The van der Waals surface area contributed by atoms with Gasteiger partial charge in [0.2, 0.25) is 0 Å². The topological polar surface area (TPSA) is 91.5 Å². The lowest BCUT2D eigenvalue weighted by molar-refractivity contribution is -0.377. The second-order valence-electron chi connectivity index (χ2n) is 6.08. The smallest absolute Gasteiger partial charge is 0.255 e. The molecule has 1 aromatic heterocycles. The number of carbonyl (C=O) groups is 1. The molecule has 2 aromatic carbocycles. The van der Waals surface area contributed by atoms with Crippen molar-refractivity contribution >= 4 is 27.3 Å². The highest BCUT2D eigenvalue weighted by molar-refractivity contribution is 7.94. The van der Waals surface area contributed by atoms with E-state index < -0.39 is 15.9 Å². The molecule has 0 aliphatic heterocycles. The van der Waals surface area contributed by atoms with Crippen molar-refractivity contribution in [2.45, 2.75) is 18.7 Å². The van der Waals surface area contributed by atoms with Crippen molar-refractivity contribution in [1.82, 2.24) is 0 Å². The predicted molar refractivity (Wildman–Crippen MR) is 104 cm³/mol. The Morgan fingerprint density at radius 3 is 2.48 bits per heavy atom. The average molecular weight is 381 g/mol. The van der Waals surface area contributed by atoms with Crippen molar-refractivity contribution in [2.24, 2.45) is 0 Å². The number of anilines is 1. The highest BCUT2D eigenvalue weighted by Crippen LogP contribution is 2.32. The van der Waals surface area contributed by atoms with Crippen LogP contribution in [0.3, 0.4) is 0 Å². The summed E-state index contributed by atoms with van der Waals surface area (Å²) in [5, 5.41) is 2.72. The molecule has 6 nitrogen and oxygen atoms in total. The number of hydrogen-bond donors (Lipinski definition) is 1. The summed E-state index contributed by atoms with van der Waals surface area (Å²) >= 11 is 0. The third kappa shape index (κ3) is 4.32. The van der Waals surface area contributed by atoms with Gasteiger partial charge in [-0.3, -0.25) is 4.79 Å². The van der Waals surface area contributed by atoms with Crippen molar-refractivity contribution in [3.8, 4) is 0 Å². The quantitative estimate of drug-likeness (QED) is 0.729. The Hall–Kier alpha value is -3.19. The van der Waals surface area contributed by atoms with E-state index in [1.807, 2.05) is 6.07 Å². The third-order valence-electron chi connectivity index (χ3n) is 4.03. The van der Waals surface area contributed by atoms with Crippen LogP contribution in [-0.4, -0.2) is 14.3 Å². The van der Waals surface area contributed by atoms with Crippen LogP contribution in [0.2, 0.25) is 0 Å². The average Bonchev–Trinajstić information content (AvgIpc) is 2.64. The van der Waals surface area contributed by atoms with E-state index in [2.05, 4.69) is 15.0 Å². The molecule has 0 unspecified atom stereocenters. The predicted octanol–water partition coefficient (Wildman–Crippen LogP) is 3.76. The minimum atomic E-state index is -3.96. The van der Waals surface area contributed by atoms with Crippen molar-refractivity contribution in [3.05, 3.63) is 88.4 Å². The van der Waals surface area contributed by atoms with Gasteiger partial charge in [-0.05, 0) is 37.6 Å². The molecule has 0 fully saturated rings. The van der Waals surface area contributed by atoms with Gasteiger partial charge in [0, 0.05) is 11.6 Å². The molecule has 0 radical (unpaired) electrons. The normalized spacial score (nSPS) is 11.0. The molecule has 0 atom stereocenters. The van der Waals surface area contributed by atoms with Gasteiger partial charge in [0.25, 0.3) is 5.91 Å². The summed E-state index contributed by atoms with van der Waals surface area (Å²) in [5.74, 6) is -0.401. The Bertz CT molecular complexity index is 1080. The zero-order valence-corrected chi connectivity index (χ0v) is 15.7. The summed E-state index contributed by atoms with van der Waals surface area (Å²) in [5.41, 5.74) is 2.48.